The van der Waals surface area contributed by atoms with Crippen LogP contribution >= 0.6 is 0 Å². The molecule has 2 aromatic rings. The molecule has 1 aromatic heterocycles. The number of nitrogens with zero attached hydrogens (tertiary/aromatic N) is 1. The molecule has 1 heterocycles. The molecular formula is C25H34N2O8. The topological polar surface area (TPSA) is 125 Å². The second kappa shape index (κ2) is 13.5. The van der Waals surface area contributed by atoms with Gasteiger partial charge in [-0.2, -0.15) is 0 Å². The fourth-order valence-corrected chi connectivity index (χ4v) is 3.19. The first kappa shape index (κ1) is 27.9. The lowest BCUT2D eigenvalue weighted by atomic mass is 10.0. The summed E-state index contributed by atoms with van der Waals surface area (Å²) in [4.78, 5) is 29.7. The number of hydrogen-bond donors (Lipinski definition) is 2. The van der Waals surface area contributed by atoms with Gasteiger partial charge in [0.15, 0.2) is 30.3 Å². The van der Waals surface area contributed by atoms with E-state index >= 15 is 0 Å². The number of nitrogens with one attached hydrogen (secondary N) is 1. The summed E-state index contributed by atoms with van der Waals surface area (Å²) in [6.07, 6.45) is -0.658. The zero-order valence-corrected chi connectivity index (χ0v) is 20.9. The number of rotatable bonds is 13. The number of esters is 1. The molecular weight excluding hydrogens is 456 g/mol. The number of para-hydroxylation sites is 1. The van der Waals surface area contributed by atoms with Gasteiger partial charge in [0.1, 0.15) is 24.0 Å². The molecule has 10 heteroatoms. The van der Waals surface area contributed by atoms with Gasteiger partial charge in [-0.05, 0) is 38.8 Å². The number of carbonyl (C=O) groups is 2. The summed E-state index contributed by atoms with van der Waals surface area (Å²) >= 11 is 0. The van der Waals surface area contributed by atoms with Crippen LogP contribution in [0.4, 0.5) is 0 Å². The van der Waals surface area contributed by atoms with E-state index in [1.807, 2.05) is 44.2 Å². The van der Waals surface area contributed by atoms with Crippen LogP contribution in [0.15, 0.2) is 42.6 Å². The van der Waals surface area contributed by atoms with E-state index in [2.05, 4.69) is 10.3 Å². The van der Waals surface area contributed by atoms with E-state index in [0.29, 0.717) is 5.75 Å². The first-order chi connectivity index (χ1) is 16.6. The number of carbonyl (C=O) groups excluding carboxylic acids is 2. The Morgan fingerprint density at radius 1 is 1.06 bits per heavy atom. The number of aromatic nitrogens is 1. The number of benzene rings is 1. The average molecular weight is 491 g/mol. The highest BCUT2D eigenvalue weighted by Crippen LogP contribution is 2.29. The van der Waals surface area contributed by atoms with E-state index < -0.39 is 36.4 Å². The number of aliphatic hydroxyl groups excluding tert-OH is 1. The van der Waals surface area contributed by atoms with Crippen molar-refractivity contribution >= 4 is 11.9 Å². The third-order valence-corrected chi connectivity index (χ3v) is 4.95. The molecule has 1 unspecified atom stereocenters. The predicted molar refractivity (Wildman–Crippen MR) is 127 cm³/mol. The summed E-state index contributed by atoms with van der Waals surface area (Å²) in [5, 5.41) is 11.8. The van der Waals surface area contributed by atoms with Gasteiger partial charge >= 0.3 is 5.97 Å². The van der Waals surface area contributed by atoms with E-state index in [1.54, 1.807) is 6.92 Å². The molecule has 0 radical (unpaired) electrons. The van der Waals surface area contributed by atoms with Crippen molar-refractivity contribution in [2.45, 2.75) is 59.2 Å². The molecule has 0 bridgehead atoms. The van der Waals surface area contributed by atoms with E-state index in [9.17, 15) is 14.7 Å². The van der Waals surface area contributed by atoms with Crippen LogP contribution in [0.2, 0.25) is 0 Å². The van der Waals surface area contributed by atoms with Crippen molar-refractivity contribution in [2.75, 3.05) is 13.9 Å². The molecule has 2 N–H and O–H groups in total. The zero-order chi connectivity index (χ0) is 26.0. The van der Waals surface area contributed by atoms with Crippen LogP contribution in [-0.2, 0) is 14.3 Å². The van der Waals surface area contributed by atoms with Gasteiger partial charge in [0.05, 0.1) is 7.11 Å². The van der Waals surface area contributed by atoms with Crippen molar-refractivity contribution in [1.29, 1.82) is 0 Å². The van der Waals surface area contributed by atoms with Crippen molar-refractivity contribution in [3.63, 3.8) is 0 Å². The minimum absolute atomic E-state index is 0.0122. The fourth-order valence-electron chi connectivity index (χ4n) is 3.19. The maximum absolute atomic E-state index is 12.9. The number of pyridine rings is 1. The monoisotopic (exact) mass is 490 g/mol. The zero-order valence-electron chi connectivity index (χ0n) is 20.9. The number of aliphatic hydroxyl groups is 1. The molecule has 0 fully saturated rings. The Morgan fingerprint density at radius 2 is 1.74 bits per heavy atom. The lowest BCUT2D eigenvalue weighted by molar-refractivity contribution is -0.155. The van der Waals surface area contributed by atoms with E-state index in [-0.39, 0.29) is 29.9 Å². The van der Waals surface area contributed by atoms with Crippen LogP contribution in [0.1, 0.15) is 45.1 Å². The van der Waals surface area contributed by atoms with Gasteiger partial charge in [0, 0.05) is 12.3 Å². The Labute approximate surface area is 205 Å². The summed E-state index contributed by atoms with van der Waals surface area (Å²) in [5.74, 6) is -0.316. The second-order valence-electron chi connectivity index (χ2n) is 8.20. The normalized spacial score (nSPS) is 14.4. The molecule has 35 heavy (non-hydrogen) atoms. The Balaban J connectivity index is 2.05. The molecule has 0 aliphatic carbocycles. The molecule has 1 aromatic carbocycles. The highest BCUT2D eigenvalue weighted by molar-refractivity contribution is 5.98. The maximum Gasteiger partial charge on any atom is 0.328 e. The standard InChI is InChI=1S/C25H34N2O8/c1-15(2)22(35-19-10-8-7-9-11-19)17(4)34-25(30)16(3)27-24(29)21-23(33-14-32-18(5)28)20(31-6)12-13-26-21/h7-13,15-18,22,28H,14H2,1-6H3,(H,27,29)/t16-,17-,18?,22+/m0/s1. The Hall–Kier alpha value is -3.37. The summed E-state index contributed by atoms with van der Waals surface area (Å²) in [5.41, 5.74) is -0.112. The predicted octanol–water partition coefficient (Wildman–Crippen LogP) is 2.94. The lowest BCUT2D eigenvalue weighted by Gasteiger charge is -2.29. The third kappa shape index (κ3) is 8.41. The van der Waals surface area contributed by atoms with E-state index in [4.69, 9.17) is 23.7 Å². The summed E-state index contributed by atoms with van der Waals surface area (Å²) in [6.45, 7) is 8.28. The van der Waals surface area contributed by atoms with Gasteiger partial charge in [-0.15, -0.1) is 0 Å². The molecule has 1 amide bonds. The van der Waals surface area contributed by atoms with Crippen molar-refractivity contribution in [3.05, 3.63) is 48.3 Å². The highest BCUT2D eigenvalue weighted by Gasteiger charge is 2.29. The summed E-state index contributed by atoms with van der Waals surface area (Å²) in [6, 6.07) is 9.80. The number of methoxy groups -OCH3 is 1. The van der Waals surface area contributed by atoms with Gasteiger partial charge in [-0.3, -0.25) is 4.79 Å². The second-order valence-corrected chi connectivity index (χ2v) is 8.20. The molecule has 0 saturated heterocycles. The molecule has 10 nitrogen and oxygen atoms in total. The van der Waals surface area contributed by atoms with Gasteiger partial charge in [-0.1, -0.05) is 32.0 Å². The molecule has 0 aliphatic rings. The number of ether oxygens (including phenoxy) is 5. The average Bonchev–Trinajstić information content (AvgIpc) is 2.82. The number of hydrogen-bond acceptors (Lipinski definition) is 9. The summed E-state index contributed by atoms with van der Waals surface area (Å²) in [7, 11) is 1.41. The van der Waals surface area contributed by atoms with E-state index in [1.165, 1.54) is 33.2 Å². The quantitative estimate of drug-likeness (QED) is 0.322. The SMILES string of the molecule is COc1ccnc(C(=O)N[C@@H](C)C(=O)O[C@@H](C)[C@H](Oc2ccccc2)C(C)C)c1OCOC(C)O. The molecule has 0 saturated carbocycles. The molecule has 0 spiro atoms. The lowest BCUT2D eigenvalue weighted by Crippen LogP contribution is -2.44. The van der Waals surface area contributed by atoms with Gasteiger partial charge in [0.2, 0.25) is 0 Å². The Morgan fingerprint density at radius 3 is 2.34 bits per heavy atom. The largest absolute Gasteiger partial charge is 0.493 e. The van der Waals surface area contributed by atoms with Crippen LogP contribution in [0.25, 0.3) is 0 Å². The minimum atomic E-state index is -1.06. The van der Waals surface area contributed by atoms with Crippen molar-refractivity contribution in [2.24, 2.45) is 5.92 Å². The van der Waals surface area contributed by atoms with Crippen molar-refractivity contribution in [3.8, 4) is 17.2 Å². The smallest absolute Gasteiger partial charge is 0.328 e. The van der Waals surface area contributed by atoms with Crippen LogP contribution in [0.5, 0.6) is 17.2 Å². The first-order valence-corrected chi connectivity index (χ1v) is 11.3. The minimum Gasteiger partial charge on any atom is -0.493 e. The highest BCUT2D eigenvalue weighted by atomic mass is 16.7. The van der Waals surface area contributed by atoms with E-state index in [0.717, 1.165) is 0 Å². The van der Waals surface area contributed by atoms with Crippen LogP contribution in [0, 0.1) is 5.92 Å². The number of amides is 1. The molecule has 4 atom stereocenters. The fraction of sp³-hybridized carbons (Fsp3) is 0.480. The first-order valence-electron chi connectivity index (χ1n) is 11.3. The maximum atomic E-state index is 12.9. The third-order valence-electron chi connectivity index (χ3n) is 4.95. The van der Waals surface area contributed by atoms with Crippen LogP contribution in [0.3, 0.4) is 0 Å². The van der Waals surface area contributed by atoms with Gasteiger partial charge in [0.25, 0.3) is 5.91 Å². The van der Waals surface area contributed by atoms with Crippen molar-refractivity contribution < 1.29 is 38.4 Å². The molecule has 2 rings (SSSR count). The Bertz CT molecular complexity index is 952. The van der Waals surface area contributed by atoms with Crippen LogP contribution < -0.4 is 19.5 Å². The van der Waals surface area contributed by atoms with Crippen LogP contribution in [-0.4, -0.2) is 60.4 Å². The molecule has 192 valence electrons. The van der Waals surface area contributed by atoms with Gasteiger partial charge < -0.3 is 34.1 Å². The Kier molecular flexibility index (Phi) is 10.8. The van der Waals surface area contributed by atoms with Crippen molar-refractivity contribution in [1.82, 2.24) is 10.3 Å². The summed E-state index contributed by atoms with van der Waals surface area (Å²) < 4.78 is 27.3. The van der Waals surface area contributed by atoms with Gasteiger partial charge in [-0.25, -0.2) is 9.78 Å². The molecule has 0 aliphatic heterocycles.